The zero-order valence-electron chi connectivity index (χ0n) is 12.4. The van der Waals surface area contributed by atoms with E-state index in [9.17, 15) is 9.90 Å². The maximum absolute atomic E-state index is 11.3. The van der Waals surface area contributed by atoms with Crippen LogP contribution in [0.4, 0.5) is 0 Å². The van der Waals surface area contributed by atoms with Gasteiger partial charge in [-0.3, -0.25) is 0 Å². The molecule has 2 heteroatoms. The Morgan fingerprint density at radius 3 is 2.25 bits per heavy atom. The van der Waals surface area contributed by atoms with E-state index in [0.717, 1.165) is 24.0 Å². The topological polar surface area (TPSA) is 37.3 Å². The van der Waals surface area contributed by atoms with Crippen LogP contribution >= 0.6 is 0 Å². The Bertz CT molecular complexity index is 531. The molecule has 0 saturated carbocycles. The number of rotatable bonds is 3. The van der Waals surface area contributed by atoms with Crippen molar-refractivity contribution in [2.75, 3.05) is 0 Å². The fourth-order valence-electron chi connectivity index (χ4n) is 1.99. The standard InChI is InChI=1S/C16H16O2.C2H6/c1-2-12-8-10-13(11-9-12)14-6-4-3-5-7-15(14)16(17)18;1-2/h4-11H,2-3H2,1H3,(H,17,18);1-2H3. The summed E-state index contributed by atoms with van der Waals surface area (Å²) >= 11 is 0. The SMILES string of the molecule is CC.CCc1ccc(C2=C(C(=O)O)C=CCC=C2)cc1. The van der Waals surface area contributed by atoms with Crippen LogP contribution in [0.2, 0.25) is 0 Å². The van der Waals surface area contributed by atoms with Crippen LogP contribution in [0.3, 0.4) is 0 Å². The molecule has 106 valence electrons. The van der Waals surface area contributed by atoms with E-state index in [1.54, 1.807) is 6.08 Å². The van der Waals surface area contributed by atoms with Crippen LogP contribution in [0.5, 0.6) is 0 Å². The number of carboxylic acid groups (broad SMARTS) is 1. The van der Waals surface area contributed by atoms with Crippen molar-refractivity contribution >= 4 is 11.5 Å². The van der Waals surface area contributed by atoms with Crippen molar-refractivity contribution in [1.29, 1.82) is 0 Å². The fourth-order valence-corrected chi connectivity index (χ4v) is 1.99. The fraction of sp³-hybridized carbons (Fsp3) is 0.278. The third-order valence-electron chi connectivity index (χ3n) is 3.03. The van der Waals surface area contributed by atoms with E-state index < -0.39 is 5.97 Å². The van der Waals surface area contributed by atoms with Crippen molar-refractivity contribution in [2.24, 2.45) is 0 Å². The molecule has 1 aliphatic carbocycles. The third-order valence-corrected chi connectivity index (χ3v) is 3.03. The molecular weight excluding hydrogens is 248 g/mol. The van der Waals surface area contributed by atoms with Gasteiger partial charge in [0.2, 0.25) is 0 Å². The molecule has 0 spiro atoms. The van der Waals surface area contributed by atoms with E-state index in [4.69, 9.17) is 0 Å². The number of aliphatic carboxylic acids is 1. The van der Waals surface area contributed by atoms with Gasteiger partial charge >= 0.3 is 5.97 Å². The molecular formula is C18H22O2. The van der Waals surface area contributed by atoms with Gasteiger partial charge in [0, 0.05) is 0 Å². The molecule has 0 heterocycles. The molecule has 0 bridgehead atoms. The number of hydrogen-bond acceptors (Lipinski definition) is 1. The Morgan fingerprint density at radius 2 is 1.70 bits per heavy atom. The number of aryl methyl sites for hydroxylation is 1. The molecule has 0 saturated heterocycles. The van der Waals surface area contributed by atoms with Gasteiger partial charge in [0.1, 0.15) is 0 Å². The largest absolute Gasteiger partial charge is 0.478 e. The first kappa shape index (κ1) is 16.0. The van der Waals surface area contributed by atoms with Crippen LogP contribution in [-0.2, 0) is 11.2 Å². The van der Waals surface area contributed by atoms with Gasteiger partial charge in [-0.15, -0.1) is 0 Å². The van der Waals surface area contributed by atoms with Gasteiger partial charge < -0.3 is 5.11 Å². The van der Waals surface area contributed by atoms with Gasteiger partial charge in [-0.1, -0.05) is 69.3 Å². The van der Waals surface area contributed by atoms with Gasteiger partial charge in [0.05, 0.1) is 5.57 Å². The predicted octanol–water partition coefficient (Wildman–Crippen LogP) is 4.63. The average Bonchev–Trinajstić information content (AvgIpc) is 2.75. The zero-order chi connectivity index (χ0) is 15.0. The molecule has 0 unspecified atom stereocenters. The van der Waals surface area contributed by atoms with Crippen molar-refractivity contribution in [3.05, 3.63) is 65.3 Å². The van der Waals surface area contributed by atoms with Crippen molar-refractivity contribution in [1.82, 2.24) is 0 Å². The lowest BCUT2D eigenvalue weighted by atomic mass is 9.98. The zero-order valence-corrected chi connectivity index (χ0v) is 12.4. The smallest absolute Gasteiger partial charge is 0.336 e. The number of hydrogen-bond donors (Lipinski definition) is 1. The average molecular weight is 270 g/mol. The molecule has 0 radical (unpaired) electrons. The minimum Gasteiger partial charge on any atom is -0.478 e. The summed E-state index contributed by atoms with van der Waals surface area (Å²) in [5, 5.41) is 9.25. The summed E-state index contributed by atoms with van der Waals surface area (Å²) in [6.45, 7) is 6.10. The lowest BCUT2D eigenvalue weighted by Crippen LogP contribution is -2.01. The highest BCUT2D eigenvalue weighted by Gasteiger charge is 2.12. The first-order valence-corrected chi connectivity index (χ1v) is 7.12. The summed E-state index contributed by atoms with van der Waals surface area (Å²) in [5.74, 6) is -0.882. The van der Waals surface area contributed by atoms with Gasteiger partial charge in [-0.05, 0) is 29.5 Å². The minimum absolute atomic E-state index is 0.355. The molecule has 1 aliphatic rings. The highest BCUT2D eigenvalue weighted by atomic mass is 16.4. The maximum Gasteiger partial charge on any atom is 0.336 e. The number of benzene rings is 1. The summed E-state index contributed by atoms with van der Waals surface area (Å²) in [7, 11) is 0. The third kappa shape index (κ3) is 3.95. The van der Waals surface area contributed by atoms with E-state index in [1.165, 1.54) is 5.56 Å². The van der Waals surface area contributed by atoms with E-state index >= 15 is 0 Å². The van der Waals surface area contributed by atoms with Gasteiger partial charge in [-0.25, -0.2) is 4.79 Å². The summed E-state index contributed by atoms with van der Waals surface area (Å²) < 4.78 is 0. The normalized spacial score (nSPS) is 13.6. The summed E-state index contributed by atoms with van der Waals surface area (Å²) in [6, 6.07) is 8.07. The molecule has 0 aliphatic heterocycles. The molecule has 2 nitrogen and oxygen atoms in total. The van der Waals surface area contributed by atoms with Crippen LogP contribution in [0.15, 0.2) is 54.1 Å². The van der Waals surface area contributed by atoms with E-state index in [2.05, 4.69) is 6.92 Å². The highest BCUT2D eigenvalue weighted by Crippen LogP contribution is 2.24. The van der Waals surface area contributed by atoms with Crippen LogP contribution in [0.1, 0.15) is 38.3 Å². The summed E-state index contributed by atoms with van der Waals surface area (Å²) in [4.78, 5) is 11.3. The number of carbonyl (C=O) groups is 1. The van der Waals surface area contributed by atoms with Crippen molar-refractivity contribution < 1.29 is 9.90 Å². The lowest BCUT2D eigenvalue weighted by Gasteiger charge is -2.06. The van der Waals surface area contributed by atoms with E-state index in [-0.39, 0.29) is 0 Å². The van der Waals surface area contributed by atoms with Gasteiger partial charge in [0.15, 0.2) is 0 Å². The summed E-state index contributed by atoms with van der Waals surface area (Å²) in [6.07, 6.45) is 9.19. The number of allylic oxidation sites excluding steroid dienone is 4. The molecule has 1 N–H and O–H groups in total. The van der Waals surface area contributed by atoms with Crippen LogP contribution < -0.4 is 0 Å². The van der Waals surface area contributed by atoms with Crippen molar-refractivity contribution in [2.45, 2.75) is 33.6 Å². The molecule has 2 rings (SSSR count). The lowest BCUT2D eigenvalue weighted by molar-refractivity contribution is -0.132. The summed E-state index contributed by atoms with van der Waals surface area (Å²) in [5.41, 5.74) is 3.34. The Kier molecular flexibility index (Phi) is 6.51. The Hall–Kier alpha value is -2.09. The van der Waals surface area contributed by atoms with Crippen LogP contribution in [-0.4, -0.2) is 11.1 Å². The van der Waals surface area contributed by atoms with Crippen molar-refractivity contribution in [3.8, 4) is 0 Å². The van der Waals surface area contributed by atoms with Crippen molar-refractivity contribution in [3.63, 3.8) is 0 Å². The van der Waals surface area contributed by atoms with E-state index in [0.29, 0.717) is 5.57 Å². The van der Waals surface area contributed by atoms with Crippen LogP contribution in [0, 0.1) is 0 Å². The maximum atomic E-state index is 11.3. The second-order valence-corrected chi connectivity index (χ2v) is 4.22. The number of carboxylic acids is 1. The van der Waals surface area contributed by atoms with Gasteiger partial charge in [0.25, 0.3) is 0 Å². The Labute approximate surface area is 121 Å². The highest BCUT2D eigenvalue weighted by molar-refractivity contribution is 6.02. The second-order valence-electron chi connectivity index (χ2n) is 4.22. The van der Waals surface area contributed by atoms with Crippen LogP contribution in [0.25, 0.3) is 5.57 Å². The second kappa shape index (κ2) is 8.16. The molecule has 0 atom stereocenters. The molecule has 1 aromatic carbocycles. The molecule has 0 fully saturated rings. The predicted molar refractivity (Wildman–Crippen MR) is 84.6 cm³/mol. The Morgan fingerprint density at radius 1 is 1.10 bits per heavy atom. The molecule has 0 aromatic heterocycles. The first-order chi connectivity index (χ1) is 9.72. The molecule has 1 aromatic rings. The minimum atomic E-state index is -0.882. The molecule has 0 amide bonds. The van der Waals surface area contributed by atoms with E-state index in [1.807, 2.05) is 56.3 Å². The monoisotopic (exact) mass is 270 g/mol. The Balaban J connectivity index is 0.000000956. The quantitative estimate of drug-likeness (QED) is 0.869. The van der Waals surface area contributed by atoms with Gasteiger partial charge in [-0.2, -0.15) is 0 Å². The molecule has 20 heavy (non-hydrogen) atoms. The first-order valence-electron chi connectivity index (χ1n) is 7.12.